The van der Waals surface area contributed by atoms with Gasteiger partial charge in [0.05, 0.1) is 0 Å². The lowest BCUT2D eigenvalue weighted by Gasteiger charge is -2.06. The third-order valence-electron chi connectivity index (χ3n) is 2.98. The van der Waals surface area contributed by atoms with E-state index >= 15 is 0 Å². The van der Waals surface area contributed by atoms with Gasteiger partial charge in [-0.15, -0.1) is 0 Å². The molecule has 0 spiro atoms. The van der Waals surface area contributed by atoms with E-state index in [1.54, 1.807) is 0 Å². The van der Waals surface area contributed by atoms with E-state index < -0.39 is 0 Å². The Morgan fingerprint density at radius 2 is 2.27 bits per heavy atom. The third-order valence-corrected chi connectivity index (χ3v) is 2.98. The molecule has 0 heteroatoms. The fourth-order valence-electron chi connectivity index (χ4n) is 1.96. The molecule has 3 atom stereocenters. The Balaban J connectivity index is 2.17. The van der Waals surface area contributed by atoms with E-state index in [-0.39, 0.29) is 0 Å². The molecule has 3 unspecified atom stereocenters. The summed E-state index contributed by atoms with van der Waals surface area (Å²) in [7, 11) is 0. The first-order valence-corrected chi connectivity index (χ1v) is 4.90. The summed E-state index contributed by atoms with van der Waals surface area (Å²) in [6.45, 7) is 6.81. The fraction of sp³-hybridized carbons (Fsp3) is 0.818. The van der Waals surface area contributed by atoms with Crippen molar-refractivity contribution in [2.45, 2.75) is 40.0 Å². The van der Waals surface area contributed by atoms with E-state index in [0.717, 1.165) is 17.8 Å². The van der Waals surface area contributed by atoms with Crippen LogP contribution >= 0.6 is 0 Å². The van der Waals surface area contributed by atoms with Gasteiger partial charge in [0.15, 0.2) is 0 Å². The first-order valence-electron chi connectivity index (χ1n) is 4.90. The van der Waals surface area contributed by atoms with Gasteiger partial charge in [0.1, 0.15) is 0 Å². The Morgan fingerprint density at radius 3 is 2.73 bits per heavy atom. The molecule has 0 amide bonds. The minimum atomic E-state index is 0.927. The highest BCUT2D eigenvalue weighted by Gasteiger charge is 2.38. The molecule has 1 aliphatic carbocycles. The van der Waals surface area contributed by atoms with Crippen LogP contribution < -0.4 is 0 Å². The Labute approximate surface area is 70.7 Å². The Bertz CT molecular complexity index is 135. The van der Waals surface area contributed by atoms with Gasteiger partial charge >= 0.3 is 0 Å². The summed E-state index contributed by atoms with van der Waals surface area (Å²) in [5.41, 5.74) is 0. The summed E-state index contributed by atoms with van der Waals surface area (Å²) in [6, 6.07) is 0. The molecule has 0 aromatic rings. The highest BCUT2D eigenvalue weighted by atomic mass is 14.4. The van der Waals surface area contributed by atoms with Gasteiger partial charge in [-0.25, -0.2) is 0 Å². The zero-order valence-electron chi connectivity index (χ0n) is 8.01. The SMILES string of the molecule is CC=CCC(C)C1CC1CC. The van der Waals surface area contributed by atoms with Gasteiger partial charge < -0.3 is 0 Å². The molecule has 0 aromatic carbocycles. The van der Waals surface area contributed by atoms with E-state index in [0.29, 0.717) is 0 Å². The van der Waals surface area contributed by atoms with Crippen LogP contribution in [0.2, 0.25) is 0 Å². The summed E-state index contributed by atoms with van der Waals surface area (Å²) >= 11 is 0. The van der Waals surface area contributed by atoms with Crippen LogP contribution in [0.15, 0.2) is 12.2 Å². The largest absolute Gasteiger partial charge is 0.0917 e. The molecule has 0 N–H and O–H groups in total. The highest BCUT2D eigenvalue weighted by molar-refractivity contribution is 4.92. The van der Waals surface area contributed by atoms with Crippen molar-refractivity contribution in [1.29, 1.82) is 0 Å². The van der Waals surface area contributed by atoms with Crippen LogP contribution in [0.1, 0.15) is 40.0 Å². The molecule has 1 saturated carbocycles. The summed E-state index contributed by atoms with van der Waals surface area (Å²) in [6.07, 6.45) is 8.65. The van der Waals surface area contributed by atoms with Crippen molar-refractivity contribution < 1.29 is 0 Å². The van der Waals surface area contributed by atoms with Gasteiger partial charge in [-0.1, -0.05) is 32.4 Å². The second-order valence-electron chi connectivity index (χ2n) is 3.85. The zero-order valence-corrected chi connectivity index (χ0v) is 8.01. The summed E-state index contributed by atoms with van der Waals surface area (Å²) in [5.74, 6) is 3.04. The quantitative estimate of drug-likeness (QED) is 0.539. The molecule has 0 heterocycles. The molecule has 0 saturated heterocycles. The number of rotatable bonds is 4. The minimum Gasteiger partial charge on any atom is -0.0917 e. The van der Waals surface area contributed by atoms with Crippen LogP contribution in [0.4, 0.5) is 0 Å². The van der Waals surface area contributed by atoms with E-state index in [2.05, 4.69) is 32.9 Å². The standard InChI is InChI=1S/C11H20/c1-4-6-7-9(3)11-8-10(11)5-2/h4,6,9-11H,5,7-8H2,1-3H3. The van der Waals surface area contributed by atoms with Crippen LogP contribution in [0.5, 0.6) is 0 Å². The molecule has 0 bridgehead atoms. The van der Waals surface area contributed by atoms with Gasteiger partial charge in [0, 0.05) is 0 Å². The molecule has 1 rings (SSSR count). The van der Waals surface area contributed by atoms with Crippen molar-refractivity contribution in [3.05, 3.63) is 12.2 Å². The number of allylic oxidation sites excluding steroid dienone is 2. The Hall–Kier alpha value is -0.260. The predicted octanol–water partition coefficient (Wildman–Crippen LogP) is 3.63. The lowest BCUT2D eigenvalue weighted by molar-refractivity contribution is 0.475. The van der Waals surface area contributed by atoms with Crippen LogP contribution in [-0.4, -0.2) is 0 Å². The fourth-order valence-corrected chi connectivity index (χ4v) is 1.96. The molecule has 0 nitrogen and oxygen atoms in total. The summed E-state index contributed by atoms with van der Waals surface area (Å²) < 4.78 is 0. The average Bonchev–Trinajstić information content (AvgIpc) is 2.78. The normalized spacial score (nSPS) is 32.6. The van der Waals surface area contributed by atoms with Gasteiger partial charge in [-0.05, 0) is 37.5 Å². The third kappa shape index (κ3) is 2.36. The zero-order chi connectivity index (χ0) is 8.27. The molecule has 1 aliphatic rings. The highest BCUT2D eigenvalue weighted by Crippen LogP contribution is 2.47. The molecule has 0 aliphatic heterocycles. The molecular weight excluding hydrogens is 132 g/mol. The maximum Gasteiger partial charge on any atom is -0.0322 e. The number of hydrogen-bond acceptors (Lipinski definition) is 0. The van der Waals surface area contributed by atoms with Crippen molar-refractivity contribution in [1.82, 2.24) is 0 Å². The van der Waals surface area contributed by atoms with Crippen molar-refractivity contribution in [2.75, 3.05) is 0 Å². The van der Waals surface area contributed by atoms with Gasteiger partial charge in [0.25, 0.3) is 0 Å². The van der Waals surface area contributed by atoms with Gasteiger partial charge in [-0.2, -0.15) is 0 Å². The smallest absolute Gasteiger partial charge is 0.0322 e. The lowest BCUT2D eigenvalue weighted by Crippen LogP contribution is -1.96. The molecule has 64 valence electrons. The van der Waals surface area contributed by atoms with Crippen LogP contribution in [0, 0.1) is 17.8 Å². The maximum absolute atomic E-state index is 2.39. The molecule has 0 radical (unpaired) electrons. The molecule has 1 fully saturated rings. The van der Waals surface area contributed by atoms with E-state index in [9.17, 15) is 0 Å². The van der Waals surface area contributed by atoms with Crippen LogP contribution in [0.3, 0.4) is 0 Å². The molecular formula is C11H20. The van der Waals surface area contributed by atoms with E-state index in [4.69, 9.17) is 0 Å². The maximum atomic E-state index is 2.39. The predicted molar refractivity (Wildman–Crippen MR) is 50.5 cm³/mol. The first-order chi connectivity index (χ1) is 5.29. The topological polar surface area (TPSA) is 0 Å². The van der Waals surface area contributed by atoms with Crippen molar-refractivity contribution in [2.24, 2.45) is 17.8 Å². The Morgan fingerprint density at radius 1 is 1.55 bits per heavy atom. The summed E-state index contributed by atoms with van der Waals surface area (Å²) in [5, 5.41) is 0. The second-order valence-corrected chi connectivity index (χ2v) is 3.85. The van der Waals surface area contributed by atoms with Gasteiger partial charge in [-0.3, -0.25) is 0 Å². The van der Waals surface area contributed by atoms with E-state index in [1.807, 2.05) is 0 Å². The van der Waals surface area contributed by atoms with E-state index in [1.165, 1.54) is 19.3 Å². The van der Waals surface area contributed by atoms with Gasteiger partial charge in [0.2, 0.25) is 0 Å². The second kappa shape index (κ2) is 3.94. The minimum absolute atomic E-state index is 0.927. The van der Waals surface area contributed by atoms with Crippen LogP contribution in [0.25, 0.3) is 0 Å². The average molecular weight is 152 g/mol. The van der Waals surface area contributed by atoms with Crippen molar-refractivity contribution in [3.63, 3.8) is 0 Å². The lowest BCUT2D eigenvalue weighted by atomic mass is 10.00. The van der Waals surface area contributed by atoms with Crippen molar-refractivity contribution in [3.8, 4) is 0 Å². The summed E-state index contributed by atoms with van der Waals surface area (Å²) in [4.78, 5) is 0. The Kier molecular flexibility index (Phi) is 3.16. The molecule has 0 aromatic heterocycles. The molecule has 11 heavy (non-hydrogen) atoms. The number of hydrogen-bond donors (Lipinski definition) is 0. The monoisotopic (exact) mass is 152 g/mol. The first kappa shape index (κ1) is 8.83. The van der Waals surface area contributed by atoms with Crippen LogP contribution in [-0.2, 0) is 0 Å². The van der Waals surface area contributed by atoms with Crippen molar-refractivity contribution >= 4 is 0 Å².